The second kappa shape index (κ2) is 9.49. The number of nitrogens with zero attached hydrogens (tertiary/aromatic N) is 4. The number of amides is 1. The molecule has 7 nitrogen and oxygen atoms in total. The van der Waals surface area contributed by atoms with Gasteiger partial charge in [0.1, 0.15) is 11.8 Å². The molecule has 0 atom stereocenters. The van der Waals surface area contributed by atoms with Gasteiger partial charge in [-0.1, -0.05) is 23.8 Å². The van der Waals surface area contributed by atoms with Crippen molar-refractivity contribution in [2.75, 3.05) is 37.7 Å². The zero-order valence-electron chi connectivity index (χ0n) is 17.2. The van der Waals surface area contributed by atoms with Gasteiger partial charge in [0.15, 0.2) is 6.61 Å². The lowest BCUT2D eigenvalue weighted by Crippen LogP contribution is -2.50. The minimum atomic E-state index is -0.0575. The number of nitriles is 1. The summed E-state index contributed by atoms with van der Waals surface area (Å²) in [5.41, 5.74) is 1.40. The second-order valence-electron chi connectivity index (χ2n) is 7.14. The van der Waals surface area contributed by atoms with E-state index in [1.165, 1.54) is 0 Å². The Balaban J connectivity index is 1.33. The van der Waals surface area contributed by atoms with Crippen molar-refractivity contribution in [2.45, 2.75) is 6.92 Å². The van der Waals surface area contributed by atoms with Crippen LogP contribution in [0.4, 0.5) is 5.88 Å². The van der Waals surface area contributed by atoms with Gasteiger partial charge in [0.05, 0.1) is 0 Å². The highest BCUT2D eigenvalue weighted by Crippen LogP contribution is 2.24. The van der Waals surface area contributed by atoms with Crippen LogP contribution in [0, 0.1) is 18.3 Å². The fourth-order valence-corrected chi connectivity index (χ4v) is 3.87. The van der Waals surface area contributed by atoms with Crippen LogP contribution in [0.15, 0.2) is 46.2 Å². The topological polar surface area (TPSA) is 82.6 Å². The smallest absolute Gasteiger partial charge is 0.260 e. The first-order valence-corrected chi connectivity index (χ1v) is 10.8. The molecule has 158 valence electrons. The maximum Gasteiger partial charge on any atom is 0.260 e. The molecular weight excluding hydrogens is 412 g/mol. The van der Waals surface area contributed by atoms with E-state index >= 15 is 0 Å². The molecule has 31 heavy (non-hydrogen) atoms. The molecule has 1 aliphatic heterocycles. The third kappa shape index (κ3) is 5.13. The molecule has 8 heteroatoms. The molecule has 1 fully saturated rings. The van der Waals surface area contributed by atoms with E-state index in [9.17, 15) is 10.1 Å². The molecule has 1 saturated heterocycles. The van der Waals surface area contributed by atoms with Crippen molar-refractivity contribution in [1.82, 2.24) is 9.88 Å². The number of anilines is 1. The molecule has 0 spiro atoms. The summed E-state index contributed by atoms with van der Waals surface area (Å²) in [6.07, 6.45) is 3.67. The van der Waals surface area contributed by atoms with Crippen molar-refractivity contribution < 1.29 is 13.9 Å². The van der Waals surface area contributed by atoms with Crippen LogP contribution in [0.25, 0.3) is 12.2 Å². The summed E-state index contributed by atoms with van der Waals surface area (Å²) in [4.78, 5) is 21.6. The molecular formula is C23H22N4O3S. The monoisotopic (exact) mass is 434 g/mol. The van der Waals surface area contributed by atoms with E-state index in [4.69, 9.17) is 9.15 Å². The molecule has 0 radical (unpaired) electrons. The van der Waals surface area contributed by atoms with Crippen LogP contribution in [-0.4, -0.2) is 48.6 Å². The lowest BCUT2D eigenvalue weighted by molar-refractivity contribution is -0.133. The highest BCUT2D eigenvalue weighted by atomic mass is 32.1. The number of ether oxygens (including phenoxy) is 1. The van der Waals surface area contributed by atoms with Crippen molar-refractivity contribution in [1.29, 1.82) is 5.26 Å². The van der Waals surface area contributed by atoms with Crippen molar-refractivity contribution in [3.05, 3.63) is 63.8 Å². The number of benzene rings is 1. The van der Waals surface area contributed by atoms with E-state index in [1.54, 1.807) is 22.3 Å². The fourth-order valence-electron chi connectivity index (χ4n) is 3.26. The molecule has 0 bridgehead atoms. The zero-order chi connectivity index (χ0) is 21.6. The molecule has 0 saturated carbocycles. The number of oxazole rings is 1. The zero-order valence-corrected chi connectivity index (χ0v) is 18.0. The Hall–Kier alpha value is -3.57. The van der Waals surface area contributed by atoms with Crippen LogP contribution in [-0.2, 0) is 4.79 Å². The molecule has 3 aromatic rings. The molecule has 0 unspecified atom stereocenters. The number of aromatic nitrogens is 1. The Kier molecular flexibility index (Phi) is 6.34. The van der Waals surface area contributed by atoms with E-state index < -0.39 is 0 Å². The fraction of sp³-hybridized carbons (Fsp3) is 0.261. The van der Waals surface area contributed by atoms with Gasteiger partial charge in [-0.3, -0.25) is 4.79 Å². The Labute approximate surface area is 184 Å². The predicted octanol–water partition coefficient (Wildman–Crippen LogP) is 3.81. The van der Waals surface area contributed by atoms with Crippen molar-refractivity contribution in [3.63, 3.8) is 0 Å². The van der Waals surface area contributed by atoms with Gasteiger partial charge >= 0.3 is 0 Å². The van der Waals surface area contributed by atoms with Gasteiger partial charge in [-0.15, -0.1) is 11.3 Å². The predicted molar refractivity (Wildman–Crippen MR) is 120 cm³/mol. The first kappa shape index (κ1) is 20.7. The molecule has 1 amide bonds. The maximum atomic E-state index is 12.5. The quantitative estimate of drug-likeness (QED) is 0.587. The number of hydrogen-bond acceptors (Lipinski definition) is 7. The van der Waals surface area contributed by atoms with Gasteiger partial charge in [0.2, 0.25) is 17.5 Å². The van der Waals surface area contributed by atoms with Crippen molar-refractivity contribution in [3.8, 4) is 11.8 Å². The van der Waals surface area contributed by atoms with E-state index in [0.717, 1.165) is 10.4 Å². The average Bonchev–Trinajstić information content (AvgIpc) is 3.47. The summed E-state index contributed by atoms with van der Waals surface area (Å²) >= 11 is 1.61. The highest BCUT2D eigenvalue weighted by molar-refractivity contribution is 7.10. The van der Waals surface area contributed by atoms with Gasteiger partial charge in [-0.2, -0.15) is 10.2 Å². The second-order valence-corrected chi connectivity index (χ2v) is 8.12. The number of thiophene rings is 1. The SMILES string of the molecule is Cc1ccc(OCC(=O)N2CCN(c3oc(C=Cc4cccs4)nc3C#N)CC2)cc1. The Bertz CT molecular complexity index is 1090. The largest absolute Gasteiger partial charge is 0.484 e. The molecule has 2 aromatic heterocycles. The maximum absolute atomic E-state index is 12.5. The minimum Gasteiger partial charge on any atom is -0.484 e. The third-order valence-electron chi connectivity index (χ3n) is 4.97. The molecule has 0 aliphatic carbocycles. The Morgan fingerprint density at radius 3 is 2.68 bits per heavy atom. The minimum absolute atomic E-state index is 0.00643. The number of hydrogen-bond donors (Lipinski definition) is 0. The van der Waals surface area contributed by atoms with Crippen LogP contribution in [0.2, 0.25) is 0 Å². The third-order valence-corrected chi connectivity index (χ3v) is 5.81. The normalized spacial score (nSPS) is 14.1. The van der Waals surface area contributed by atoms with Gasteiger partial charge in [0.25, 0.3) is 5.91 Å². The molecule has 0 N–H and O–H groups in total. The summed E-state index contributed by atoms with van der Waals surface area (Å²) in [5.74, 6) is 1.47. The number of carbonyl (C=O) groups is 1. The van der Waals surface area contributed by atoms with E-state index in [-0.39, 0.29) is 18.2 Å². The summed E-state index contributed by atoms with van der Waals surface area (Å²) in [7, 11) is 0. The van der Waals surface area contributed by atoms with Gasteiger partial charge in [0, 0.05) is 37.1 Å². The number of rotatable bonds is 6. The molecule has 1 aliphatic rings. The van der Waals surface area contributed by atoms with E-state index in [0.29, 0.717) is 43.7 Å². The van der Waals surface area contributed by atoms with Crippen LogP contribution < -0.4 is 9.64 Å². The Morgan fingerprint density at radius 2 is 2.00 bits per heavy atom. The van der Waals surface area contributed by atoms with Crippen molar-refractivity contribution >= 4 is 35.3 Å². The summed E-state index contributed by atoms with van der Waals surface area (Å²) < 4.78 is 11.4. The molecule has 1 aromatic carbocycles. The van der Waals surface area contributed by atoms with E-state index in [2.05, 4.69) is 11.1 Å². The summed E-state index contributed by atoms with van der Waals surface area (Å²) in [6.45, 7) is 4.20. The number of piperazine rings is 1. The van der Waals surface area contributed by atoms with Gasteiger partial charge < -0.3 is 19.0 Å². The van der Waals surface area contributed by atoms with Crippen LogP contribution in [0.1, 0.15) is 22.0 Å². The van der Waals surface area contributed by atoms with Crippen LogP contribution in [0.5, 0.6) is 5.75 Å². The number of aryl methyl sites for hydroxylation is 1. The summed E-state index contributed by atoms with van der Waals surface area (Å²) in [6, 6.07) is 13.7. The molecule has 4 rings (SSSR count). The van der Waals surface area contributed by atoms with Gasteiger partial charge in [-0.05, 0) is 36.6 Å². The lowest BCUT2D eigenvalue weighted by atomic mass is 10.2. The lowest BCUT2D eigenvalue weighted by Gasteiger charge is -2.34. The van der Waals surface area contributed by atoms with Crippen LogP contribution >= 0.6 is 11.3 Å². The molecule has 3 heterocycles. The first-order chi connectivity index (χ1) is 15.1. The van der Waals surface area contributed by atoms with Crippen LogP contribution in [0.3, 0.4) is 0 Å². The Morgan fingerprint density at radius 1 is 1.23 bits per heavy atom. The van der Waals surface area contributed by atoms with Gasteiger partial charge in [-0.25, -0.2) is 0 Å². The van der Waals surface area contributed by atoms with Crippen molar-refractivity contribution in [2.24, 2.45) is 0 Å². The summed E-state index contributed by atoms with van der Waals surface area (Å²) in [5, 5.41) is 11.4. The number of carbonyl (C=O) groups excluding carboxylic acids is 1. The standard InChI is InChI=1S/C23H22N4O3S/c1-17-4-6-18(7-5-17)29-16-22(28)26-10-12-27(13-11-26)23-20(15-24)25-21(30-23)9-8-19-3-2-14-31-19/h2-9,14H,10-13,16H2,1H3. The highest BCUT2D eigenvalue weighted by Gasteiger charge is 2.26. The first-order valence-electron chi connectivity index (χ1n) is 9.97. The average molecular weight is 435 g/mol. The van der Waals surface area contributed by atoms with E-state index in [1.807, 2.05) is 59.7 Å².